The van der Waals surface area contributed by atoms with Gasteiger partial charge in [-0.15, -0.1) is 0 Å². The molecule has 0 bridgehead atoms. The van der Waals surface area contributed by atoms with E-state index in [9.17, 15) is 9.90 Å². The van der Waals surface area contributed by atoms with Crippen molar-refractivity contribution < 1.29 is 14.3 Å². The zero-order chi connectivity index (χ0) is 15.9. The molecule has 0 radical (unpaired) electrons. The van der Waals surface area contributed by atoms with E-state index in [-0.39, 0.29) is 0 Å². The Bertz CT molecular complexity index is 705. The van der Waals surface area contributed by atoms with Crippen LogP contribution in [0.4, 0.5) is 4.39 Å². The number of aliphatic hydroxyl groups excluding tert-OH is 1. The molecule has 1 aliphatic rings. The van der Waals surface area contributed by atoms with Gasteiger partial charge in [-0.1, -0.05) is 48.5 Å². The Kier molecular flexibility index (Phi) is 3.61. The van der Waals surface area contributed by atoms with Gasteiger partial charge in [0.15, 0.2) is 11.5 Å². The predicted molar refractivity (Wildman–Crippen MR) is 83.4 cm³/mol. The zero-order valence-electron chi connectivity index (χ0n) is 12.7. The first-order valence-electron chi connectivity index (χ1n) is 7.51. The van der Waals surface area contributed by atoms with Gasteiger partial charge < -0.3 is 5.11 Å². The molecule has 0 aromatic heterocycles. The van der Waals surface area contributed by atoms with Crippen LogP contribution in [0, 0.1) is 0 Å². The highest BCUT2D eigenvalue weighted by atomic mass is 19.1. The molecular formula is C19H19FO2. The van der Waals surface area contributed by atoms with E-state index in [1.54, 1.807) is 25.1 Å². The van der Waals surface area contributed by atoms with Gasteiger partial charge in [0.25, 0.3) is 0 Å². The minimum atomic E-state index is -2.04. The molecule has 0 fully saturated rings. The molecule has 0 saturated heterocycles. The van der Waals surface area contributed by atoms with Crippen LogP contribution in [0.25, 0.3) is 0 Å². The molecule has 0 spiro atoms. The van der Waals surface area contributed by atoms with Crippen LogP contribution in [-0.2, 0) is 16.9 Å². The molecule has 3 atom stereocenters. The van der Waals surface area contributed by atoms with E-state index in [0.29, 0.717) is 23.1 Å². The average Bonchev–Trinajstić information content (AvgIpc) is 2.69. The quantitative estimate of drug-likeness (QED) is 0.935. The van der Waals surface area contributed by atoms with Crippen LogP contribution in [0.5, 0.6) is 0 Å². The van der Waals surface area contributed by atoms with Gasteiger partial charge in [-0.2, -0.15) is 0 Å². The van der Waals surface area contributed by atoms with Crippen molar-refractivity contribution in [3.8, 4) is 0 Å². The van der Waals surface area contributed by atoms with E-state index in [1.165, 1.54) is 6.92 Å². The average molecular weight is 298 g/mol. The molecule has 2 aromatic rings. The number of fused-ring (bicyclic) bond motifs is 1. The highest BCUT2D eigenvalue weighted by Gasteiger charge is 2.50. The number of hydrogen-bond acceptors (Lipinski definition) is 2. The van der Waals surface area contributed by atoms with Gasteiger partial charge in [0.2, 0.25) is 0 Å². The van der Waals surface area contributed by atoms with Crippen molar-refractivity contribution in [3.63, 3.8) is 0 Å². The second-order valence-corrected chi connectivity index (χ2v) is 6.10. The lowest BCUT2D eigenvalue weighted by Crippen LogP contribution is -2.26. The zero-order valence-corrected chi connectivity index (χ0v) is 12.7. The third-order valence-corrected chi connectivity index (χ3v) is 4.49. The van der Waals surface area contributed by atoms with Crippen LogP contribution in [0.15, 0.2) is 48.5 Å². The highest BCUT2D eigenvalue weighted by Crippen LogP contribution is 2.48. The molecule has 0 saturated carbocycles. The smallest absolute Gasteiger partial charge is 0.192 e. The summed E-state index contributed by atoms with van der Waals surface area (Å²) in [5.74, 6) is -0.912. The van der Waals surface area contributed by atoms with Crippen LogP contribution in [-0.4, -0.2) is 10.9 Å². The minimum absolute atomic E-state index is 0.357. The van der Waals surface area contributed by atoms with Crippen LogP contribution >= 0.6 is 0 Å². The van der Waals surface area contributed by atoms with Crippen LogP contribution in [0.3, 0.4) is 0 Å². The number of carbonyl (C=O) groups is 1. The maximum Gasteiger partial charge on any atom is 0.192 e. The fourth-order valence-corrected chi connectivity index (χ4v) is 3.41. The molecule has 0 amide bonds. The molecule has 2 nitrogen and oxygen atoms in total. The number of carbonyl (C=O) groups excluding carboxylic acids is 1. The van der Waals surface area contributed by atoms with Gasteiger partial charge in [0.1, 0.15) is 0 Å². The van der Waals surface area contributed by atoms with Gasteiger partial charge in [0.05, 0.1) is 12.0 Å². The number of benzene rings is 2. The monoisotopic (exact) mass is 298 g/mol. The largest absolute Gasteiger partial charge is 0.389 e. The maximum atomic E-state index is 15.1. The van der Waals surface area contributed by atoms with E-state index in [4.69, 9.17) is 0 Å². The summed E-state index contributed by atoms with van der Waals surface area (Å²) in [4.78, 5) is 12.6. The van der Waals surface area contributed by atoms with Gasteiger partial charge in [-0.3, -0.25) is 4.79 Å². The fourth-order valence-electron chi connectivity index (χ4n) is 3.41. The topological polar surface area (TPSA) is 37.3 Å². The van der Waals surface area contributed by atoms with Crippen molar-refractivity contribution in [1.82, 2.24) is 0 Å². The SMILES string of the molecule is C[C@H](O)c1cccc2c1C(C)(F)C(=O)C2Cc1ccccc1. The third-order valence-electron chi connectivity index (χ3n) is 4.49. The summed E-state index contributed by atoms with van der Waals surface area (Å²) in [6.45, 7) is 2.91. The first-order valence-corrected chi connectivity index (χ1v) is 7.51. The summed E-state index contributed by atoms with van der Waals surface area (Å²) < 4.78 is 15.1. The molecule has 22 heavy (non-hydrogen) atoms. The molecule has 3 rings (SSSR count). The van der Waals surface area contributed by atoms with Crippen molar-refractivity contribution in [3.05, 3.63) is 70.8 Å². The molecule has 114 valence electrons. The van der Waals surface area contributed by atoms with Crippen molar-refractivity contribution >= 4 is 5.78 Å². The maximum absolute atomic E-state index is 15.1. The van der Waals surface area contributed by atoms with Gasteiger partial charge >= 0.3 is 0 Å². The Morgan fingerprint density at radius 1 is 1.18 bits per heavy atom. The number of halogens is 1. The molecule has 2 unspecified atom stereocenters. The Labute approximate surface area is 129 Å². The number of rotatable bonds is 3. The fraction of sp³-hybridized carbons (Fsp3) is 0.316. The molecular weight excluding hydrogens is 279 g/mol. The summed E-state index contributed by atoms with van der Waals surface area (Å²) in [6, 6.07) is 14.9. The Balaban J connectivity index is 2.09. The Morgan fingerprint density at radius 2 is 1.86 bits per heavy atom. The Hall–Kier alpha value is -2.00. The first kappa shape index (κ1) is 14.9. The summed E-state index contributed by atoms with van der Waals surface area (Å²) in [6.07, 6.45) is -0.316. The molecule has 1 N–H and O–H groups in total. The van der Waals surface area contributed by atoms with Gasteiger partial charge in [0, 0.05) is 5.56 Å². The number of ketones is 1. The molecule has 1 aliphatic carbocycles. The number of hydrogen-bond donors (Lipinski definition) is 1. The number of Topliss-reactive ketones (excluding diaryl/α,β-unsaturated/α-hetero) is 1. The summed E-state index contributed by atoms with van der Waals surface area (Å²) >= 11 is 0. The molecule has 0 heterocycles. The second-order valence-electron chi connectivity index (χ2n) is 6.10. The van der Waals surface area contributed by atoms with Crippen molar-refractivity contribution in [2.75, 3.05) is 0 Å². The summed E-state index contributed by atoms with van der Waals surface area (Å²) in [7, 11) is 0. The molecule has 3 heteroatoms. The standard InChI is InChI=1S/C19H19FO2/c1-12(21)14-9-6-10-15-16(11-13-7-4-3-5-8-13)18(22)19(2,20)17(14)15/h3-10,12,16,21H,11H2,1-2H3/t12-,16?,19?/m0/s1. The summed E-state index contributed by atoms with van der Waals surface area (Å²) in [5, 5.41) is 9.90. The van der Waals surface area contributed by atoms with Gasteiger partial charge in [-0.05, 0) is 37.0 Å². The lowest BCUT2D eigenvalue weighted by atomic mass is 9.91. The van der Waals surface area contributed by atoms with Crippen LogP contribution in [0.2, 0.25) is 0 Å². The van der Waals surface area contributed by atoms with Crippen LogP contribution < -0.4 is 0 Å². The molecule has 0 aliphatic heterocycles. The van der Waals surface area contributed by atoms with Crippen molar-refractivity contribution in [2.45, 2.75) is 38.0 Å². The van der Waals surface area contributed by atoms with E-state index < -0.39 is 23.5 Å². The number of aliphatic hydroxyl groups is 1. The minimum Gasteiger partial charge on any atom is -0.389 e. The van der Waals surface area contributed by atoms with E-state index in [0.717, 1.165) is 5.56 Å². The number of alkyl halides is 1. The van der Waals surface area contributed by atoms with E-state index >= 15 is 4.39 Å². The predicted octanol–water partition coefficient (Wildman–Crippen LogP) is 3.83. The van der Waals surface area contributed by atoms with E-state index in [1.807, 2.05) is 30.3 Å². The highest BCUT2D eigenvalue weighted by molar-refractivity contribution is 5.99. The Morgan fingerprint density at radius 3 is 2.50 bits per heavy atom. The third kappa shape index (κ3) is 2.26. The van der Waals surface area contributed by atoms with Crippen molar-refractivity contribution in [1.29, 1.82) is 0 Å². The van der Waals surface area contributed by atoms with Crippen molar-refractivity contribution in [2.24, 2.45) is 0 Å². The lowest BCUT2D eigenvalue weighted by molar-refractivity contribution is -0.129. The lowest BCUT2D eigenvalue weighted by Gasteiger charge is -2.18. The molecule has 2 aromatic carbocycles. The normalized spacial score (nSPS) is 25.1. The van der Waals surface area contributed by atoms with Gasteiger partial charge in [-0.25, -0.2) is 4.39 Å². The summed E-state index contributed by atoms with van der Waals surface area (Å²) in [5.41, 5.74) is 0.536. The second kappa shape index (κ2) is 5.33. The first-order chi connectivity index (χ1) is 10.4. The van der Waals surface area contributed by atoms with Crippen LogP contribution in [0.1, 0.15) is 48.1 Å². The van der Waals surface area contributed by atoms with E-state index in [2.05, 4.69) is 0 Å².